The van der Waals surface area contributed by atoms with E-state index in [0.29, 0.717) is 5.92 Å². The largest absolute Gasteiger partial charge is 0.497 e. The minimum Gasteiger partial charge on any atom is -0.497 e. The maximum Gasteiger partial charge on any atom is 0.118 e. The van der Waals surface area contributed by atoms with Crippen LogP contribution in [0, 0.1) is 0 Å². The Hall–Kier alpha value is -1.02. The summed E-state index contributed by atoms with van der Waals surface area (Å²) in [5, 5.41) is 3.21. The molecule has 0 saturated heterocycles. The topological polar surface area (TPSA) is 21.3 Å². The summed E-state index contributed by atoms with van der Waals surface area (Å²) in [6, 6.07) is 8.33. The molecule has 1 rings (SSSR count). The van der Waals surface area contributed by atoms with Crippen molar-refractivity contribution in [2.75, 3.05) is 20.7 Å². The second kappa shape index (κ2) is 5.66. The van der Waals surface area contributed by atoms with Crippen LogP contribution in [0.5, 0.6) is 5.75 Å². The molecule has 0 radical (unpaired) electrons. The molecule has 0 spiro atoms. The van der Waals surface area contributed by atoms with Crippen LogP contribution in [0.4, 0.5) is 0 Å². The number of benzene rings is 1. The van der Waals surface area contributed by atoms with Crippen LogP contribution in [0.3, 0.4) is 0 Å². The van der Waals surface area contributed by atoms with E-state index in [2.05, 4.69) is 24.4 Å². The average molecular weight is 193 g/mol. The molecule has 0 bridgehead atoms. The number of hydrogen-bond donors (Lipinski definition) is 1. The fourth-order valence-corrected chi connectivity index (χ4v) is 1.62. The first-order chi connectivity index (χ1) is 6.81. The zero-order valence-corrected chi connectivity index (χ0v) is 9.21. The second-order valence-electron chi connectivity index (χ2n) is 3.44. The molecule has 1 unspecified atom stereocenters. The molecular weight excluding hydrogens is 174 g/mol. The third-order valence-corrected chi connectivity index (χ3v) is 2.53. The molecule has 0 amide bonds. The summed E-state index contributed by atoms with van der Waals surface area (Å²) in [5.41, 5.74) is 1.38. The molecule has 2 heteroatoms. The van der Waals surface area contributed by atoms with E-state index in [1.807, 2.05) is 19.2 Å². The molecule has 1 atom stereocenters. The summed E-state index contributed by atoms with van der Waals surface area (Å²) in [5.74, 6) is 1.53. The monoisotopic (exact) mass is 193 g/mol. The van der Waals surface area contributed by atoms with E-state index in [9.17, 15) is 0 Å². The van der Waals surface area contributed by atoms with Gasteiger partial charge in [-0.25, -0.2) is 0 Å². The van der Waals surface area contributed by atoms with E-state index in [-0.39, 0.29) is 0 Å². The van der Waals surface area contributed by atoms with Gasteiger partial charge >= 0.3 is 0 Å². The molecule has 0 heterocycles. The fourth-order valence-electron chi connectivity index (χ4n) is 1.62. The smallest absolute Gasteiger partial charge is 0.118 e. The number of rotatable bonds is 5. The Morgan fingerprint density at radius 2 is 1.93 bits per heavy atom. The molecule has 1 aromatic carbocycles. The van der Waals surface area contributed by atoms with Crippen molar-refractivity contribution in [1.29, 1.82) is 0 Å². The molecule has 1 aromatic rings. The van der Waals surface area contributed by atoms with Gasteiger partial charge in [0.05, 0.1) is 7.11 Å². The first-order valence-corrected chi connectivity index (χ1v) is 5.10. The fraction of sp³-hybridized carbons (Fsp3) is 0.500. The lowest BCUT2D eigenvalue weighted by Crippen LogP contribution is -2.16. The molecule has 0 aliphatic heterocycles. The maximum atomic E-state index is 5.13. The summed E-state index contributed by atoms with van der Waals surface area (Å²) >= 11 is 0. The Labute approximate surface area is 86.3 Å². The Kier molecular flexibility index (Phi) is 4.47. The molecule has 0 saturated carbocycles. The lowest BCUT2D eigenvalue weighted by atomic mass is 9.96. The Balaban J connectivity index is 2.73. The highest BCUT2D eigenvalue weighted by molar-refractivity contribution is 5.29. The Morgan fingerprint density at radius 1 is 1.29 bits per heavy atom. The minimum absolute atomic E-state index is 0.603. The normalized spacial score (nSPS) is 12.5. The van der Waals surface area contributed by atoms with Crippen molar-refractivity contribution in [3.05, 3.63) is 29.8 Å². The van der Waals surface area contributed by atoms with Crippen LogP contribution < -0.4 is 10.1 Å². The van der Waals surface area contributed by atoms with Crippen molar-refractivity contribution in [3.8, 4) is 5.75 Å². The Morgan fingerprint density at radius 3 is 2.36 bits per heavy atom. The summed E-state index contributed by atoms with van der Waals surface area (Å²) < 4.78 is 5.13. The van der Waals surface area contributed by atoms with Gasteiger partial charge in [-0.05, 0) is 37.1 Å². The molecule has 0 aliphatic rings. The van der Waals surface area contributed by atoms with Crippen molar-refractivity contribution in [2.45, 2.75) is 19.3 Å². The van der Waals surface area contributed by atoms with Gasteiger partial charge in [0, 0.05) is 6.54 Å². The second-order valence-corrected chi connectivity index (χ2v) is 3.44. The van der Waals surface area contributed by atoms with Gasteiger partial charge in [-0.15, -0.1) is 0 Å². The van der Waals surface area contributed by atoms with Crippen LogP contribution in [0.1, 0.15) is 24.8 Å². The predicted molar refractivity (Wildman–Crippen MR) is 60.0 cm³/mol. The third kappa shape index (κ3) is 2.74. The highest BCUT2D eigenvalue weighted by Crippen LogP contribution is 2.21. The first-order valence-electron chi connectivity index (χ1n) is 5.10. The summed E-state index contributed by atoms with van der Waals surface area (Å²) in [4.78, 5) is 0. The first kappa shape index (κ1) is 11.1. The highest BCUT2D eigenvalue weighted by atomic mass is 16.5. The zero-order valence-electron chi connectivity index (χ0n) is 9.21. The zero-order chi connectivity index (χ0) is 10.4. The molecule has 0 fully saturated rings. The van der Waals surface area contributed by atoms with Gasteiger partial charge in [0.15, 0.2) is 0 Å². The molecule has 78 valence electrons. The van der Waals surface area contributed by atoms with Gasteiger partial charge in [-0.3, -0.25) is 0 Å². The van der Waals surface area contributed by atoms with Crippen molar-refractivity contribution >= 4 is 0 Å². The highest BCUT2D eigenvalue weighted by Gasteiger charge is 2.07. The standard InChI is InChI=1S/C12H19NO/c1-4-10(9-13-2)11-5-7-12(14-3)8-6-11/h5-8,10,13H,4,9H2,1-3H3. The van der Waals surface area contributed by atoms with Gasteiger partial charge < -0.3 is 10.1 Å². The van der Waals surface area contributed by atoms with Crippen LogP contribution in [0.15, 0.2) is 24.3 Å². The van der Waals surface area contributed by atoms with Crippen LogP contribution in [0.25, 0.3) is 0 Å². The number of ether oxygens (including phenoxy) is 1. The summed E-state index contributed by atoms with van der Waals surface area (Å²) in [6.45, 7) is 3.25. The van der Waals surface area contributed by atoms with E-state index < -0.39 is 0 Å². The van der Waals surface area contributed by atoms with Crippen LogP contribution in [-0.4, -0.2) is 20.7 Å². The van der Waals surface area contributed by atoms with Crippen molar-refractivity contribution in [2.24, 2.45) is 0 Å². The summed E-state index contributed by atoms with van der Waals surface area (Å²) in [6.07, 6.45) is 1.16. The van der Waals surface area contributed by atoms with E-state index in [1.165, 1.54) is 5.56 Å². The predicted octanol–water partition coefficient (Wildman–Crippen LogP) is 2.41. The average Bonchev–Trinajstić information content (AvgIpc) is 2.26. The van der Waals surface area contributed by atoms with Crippen molar-refractivity contribution < 1.29 is 4.74 Å². The molecule has 14 heavy (non-hydrogen) atoms. The van der Waals surface area contributed by atoms with E-state index in [0.717, 1.165) is 18.7 Å². The van der Waals surface area contributed by atoms with E-state index >= 15 is 0 Å². The number of hydrogen-bond acceptors (Lipinski definition) is 2. The van der Waals surface area contributed by atoms with Gasteiger partial charge in [-0.2, -0.15) is 0 Å². The van der Waals surface area contributed by atoms with Crippen molar-refractivity contribution in [1.82, 2.24) is 5.32 Å². The lowest BCUT2D eigenvalue weighted by molar-refractivity contribution is 0.414. The third-order valence-electron chi connectivity index (χ3n) is 2.53. The van der Waals surface area contributed by atoms with E-state index in [1.54, 1.807) is 7.11 Å². The SMILES string of the molecule is CCC(CNC)c1ccc(OC)cc1. The molecule has 0 aromatic heterocycles. The molecule has 2 nitrogen and oxygen atoms in total. The quantitative estimate of drug-likeness (QED) is 0.775. The van der Waals surface area contributed by atoms with Crippen LogP contribution in [0.2, 0.25) is 0 Å². The Bertz CT molecular complexity index is 256. The van der Waals surface area contributed by atoms with Gasteiger partial charge in [0.1, 0.15) is 5.75 Å². The lowest BCUT2D eigenvalue weighted by Gasteiger charge is -2.14. The van der Waals surface area contributed by atoms with Gasteiger partial charge in [0.25, 0.3) is 0 Å². The van der Waals surface area contributed by atoms with Gasteiger partial charge in [-0.1, -0.05) is 19.1 Å². The molecular formula is C12H19NO. The number of likely N-dealkylation sites (N-methyl/N-ethyl adjacent to an activating group) is 1. The van der Waals surface area contributed by atoms with Crippen LogP contribution in [-0.2, 0) is 0 Å². The van der Waals surface area contributed by atoms with E-state index in [4.69, 9.17) is 4.74 Å². The molecule has 1 N–H and O–H groups in total. The minimum atomic E-state index is 0.603. The summed E-state index contributed by atoms with van der Waals surface area (Å²) in [7, 11) is 3.69. The number of methoxy groups -OCH3 is 1. The molecule has 0 aliphatic carbocycles. The van der Waals surface area contributed by atoms with Gasteiger partial charge in [0.2, 0.25) is 0 Å². The van der Waals surface area contributed by atoms with Crippen LogP contribution >= 0.6 is 0 Å². The maximum absolute atomic E-state index is 5.13. The van der Waals surface area contributed by atoms with Crippen molar-refractivity contribution in [3.63, 3.8) is 0 Å². The number of nitrogens with one attached hydrogen (secondary N) is 1.